The average molecular weight is 294 g/mol. The molecule has 1 aromatic rings. The molecule has 0 saturated carbocycles. The number of likely N-dealkylation sites (N-methyl/N-ethyl adjacent to an activating group) is 1. The molecule has 1 saturated heterocycles. The van der Waals surface area contributed by atoms with E-state index in [0.29, 0.717) is 0 Å². The highest BCUT2D eigenvalue weighted by atomic mass is 16.7. The number of hydrogen-bond donors (Lipinski definition) is 1. The molecule has 0 aromatic carbocycles. The van der Waals surface area contributed by atoms with Gasteiger partial charge in [0.25, 0.3) is 0 Å². The molecule has 6 heteroatoms. The van der Waals surface area contributed by atoms with Gasteiger partial charge in [-0.25, -0.2) is 4.98 Å². The lowest BCUT2D eigenvalue weighted by molar-refractivity contribution is -0.109. The zero-order chi connectivity index (χ0) is 15.2. The minimum atomic E-state index is -0.430. The molecule has 0 unspecified atom stereocenters. The highest BCUT2D eigenvalue weighted by Crippen LogP contribution is 2.23. The number of hydrogen-bond acceptors (Lipinski definition) is 6. The van der Waals surface area contributed by atoms with Crippen LogP contribution in [0.3, 0.4) is 0 Å². The van der Waals surface area contributed by atoms with Gasteiger partial charge < -0.3 is 19.7 Å². The Kier molecular flexibility index (Phi) is 5.93. The normalized spacial score (nSPS) is 17.4. The third-order valence-corrected chi connectivity index (χ3v) is 3.91. The Balaban J connectivity index is 2.17. The molecule has 1 N–H and O–H groups in total. The number of piperazine rings is 1. The molecular weight excluding hydrogens is 268 g/mol. The smallest absolute Gasteiger partial charge is 0.200 e. The van der Waals surface area contributed by atoms with Crippen molar-refractivity contribution in [2.75, 3.05) is 59.8 Å². The summed E-state index contributed by atoms with van der Waals surface area (Å²) in [5.74, 6) is 0.825. The van der Waals surface area contributed by atoms with Crippen LogP contribution in [0.1, 0.15) is 17.5 Å². The maximum Gasteiger partial charge on any atom is 0.200 e. The first-order valence-corrected chi connectivity index (χ1v) is 7.32. The van der Waals surface area contributed by atoms with E-state index in [-0.39, 0.29) is 0 Å². The van der Waals surface area contributed by atoms with E-state index in [1.807, 2.05) is 13.1 Å². The molecule has 0 atom stereocenters. The Bertz CT molecular complexity index is 443. The number of pyridine rings is 1. The van der Waals surface area contributed by atoms with Crippen molar-refractivity contribution < 1.29 is 9.47 Å². The van der Waals surface area contributed by atoms with Gasteiger partial charge in [-0.1, -0.05) is 6.07 Å². The fraction of sp³-hybridized carbons (Fsp3) is 0.667. The lowest BCUT2D eigenvalue weighted by atomic mass is 10.1. The molecule has 21 heavy (non-hydrogen) atoms. The van der Waals surface area contributed by atoms with Crippen molar-refractivity contribution in [1.29, 1.82) is 0 Å². The van der Waals surface area contributed by atoms with Gasteiger partial charge in [0.2, 0.25) is 6.29 Å². The van der Waals surface area contributed by atoms with Gasteiger partial charge in [-0.05, 0) is 18.7 Å². The second-order valence-corrected chi connectivity index (χ2v) is 5.37. The minimum Gasteiger partial charge on any atom is -0.373 e. The van der Waals surface area contributed by atoms with Gasteiger partial charge in [0, 0.05) is 54.0 Å². The fourth-order valence-electron chi connectivity index (χ4n) is 2.55. The van der Waals surface area contributed by atoms with Crippen LogP contribution >= 0.6 is 0 Å². The topological polar surface area (TPSA) is 49.9 Å². The molecular formula is C15H26N4O2. The number of methoxy groups -OCH3 is 2. The molecule has 1 aromatic heterocycles. The lowest BCUT2D eigenvalue weighted by Gasteiger charge is -2.33. The van der Waals surface area contributed by atoms with E-state index < -0.39 is 6.29 Å². The standard InChI is InChI=1S/C15H26N4O2/c1-16-13-6-5-12(14(17-13)15(20-3)21-4)11-19-9-7-18(2)8-10-19/h5-6,15H,7-11H2,1-4H3,(H,16,17). The van der Waals surface area contributed by atoms with Gasteiger partial charge in [-0.3, -0.25) is 4.90 Å². The van der Waals surface area contributed by atoms with Crippen molar-refractivity contribution in [2.24, 2.45) is 0 Å². The number of nitrogens with zero attached hydrogens (tertiary/aromatic N) is 3. The molecule has 0 amide bonds. The summed E-state index contributed by atoms with van der Waals surface area (Å²) in [7, 11) is 7.31. The Morgan fingerprint density at radius 2 is 1.86 bits per heavy atom. The first-order chi connectivity index (χ1) is 10.2. The average Bonchev–Trinajstić information content (AvgIpc) is 2.52. The van der Waals surface area contributed by atoms with Gasteiger partial charge in [-0.15, -0.1) is 0 Å². The van der Waals surface area contributed by atoms with Crippen LogP contribution in [0.15, 0.2) is 12.1 Å². The van der Waals surface area contributed by atoms with Crippen molar-refractivity contribution >= 4 is 5.82 Å². The molecule has 1 fully saturated rings. The summed E-state index contributed by atoms with van der Waals surface area (Å²) in [4.78, 5) is 9.42. The zero-order valence-electron chi connectivity index (χ0n) is 13.4. The summed E-state index contributed by atoms with van der Waals surface area (Å²) in [6.45, 7) is 5.25. The maximum absolute atomic E-state index is 5.39. The molecule has 0 aliphatic carbocycles. The summed E-state index contributed by atoms with van der Waals surface area (Å²) in [6, 6.07) is 4.11. The maximum atomic E-state index is 5.39. The van der Waals surface area contributed by atoms with Crippen molar-refractivity contribution in [3.63, 3.8) is 0 Å². The third kappa shape index (κ3) is 4.14. The predicted octanol–water partition coefficient (Wildman–Crippen LogP) is 1.16. The Morgan fingerprint density at radius 1 is 1.19 bits per heavy atom. The summed E-state index contributed by atoms with van der Waals surface area (Å²) in [6.07, 6.45) is -0.430. The Hall–Kier alpha value is -1.21. The first-order valence-electron chi connectivity index (χ1n) is 7.32. The largest absolute Gasteiger partial charge is 0.373 e. The molecule has 0 bridgehead atoms. The number of nitrogens with one attached hydrogen (secondary N) is 1. The van der Waals surface area contributed by atoms with Crippen LogP contribution in [-0.4, -0.2) is 69.3 Å². The van der Waals surface area contributed by atoms with E-state index in [4.69, 9.17) is 9.47 Å². The van der Waals surface area contributed by atoms with Crippen LogP contribution in [0.4, 0.5) is 5.82 Å². The fourth-order valence-corrected chi connectivity index (χ4v) is 2.55. The Morgan fingerprint density at radius 3 is 2.43 bits per heavy atom. The molecule has 6 nitrogen and oxygen atoms in total. The second-order valence-electron chi connectivity index (χ2n) is 5.37. The molecule has 2 heterocycles. The quantitative estimate of drug-likeness (QED) is 0.795. The number of ether oxygens (including phenoxy) is 2. The molecule has 2 rings (SSSR count). The van der Waals surface area contributed by atoms with Gasteiger partial charge in [0.05, 0.1) is 0 Å². The van der Waals surface area contributed by atoms with E-state index in [2.05, 4.69) is 33.2 Å². The molecule has 1 aliphatic rings. The van der Waals surface area contributed by atoms with Crippen molar-refractivity contribution in [3.8, 4) is 0 Å². The number of aromatic nitrogens is 1. The highest BCUT2D eigenvalue weighted by Gasteiger charge is 2.20. The van der Waals surface area contributed by atoms with E-state index >= 15 is 0 Å². The molecule has 118 valence electrons. The number of rotatable bonds is 6. The summed E-state index contributed by atoms with van der Waals surface area (Å²) in [5, 5.41) is 3.06. The summed E-state index contributed by atoms with van der Waals surface area (Å²) in [5.41, 5.74) is 2.01. The summed E-state index contributed by atoms with van der Waals surface area (Å²) < 4.78 is 10.8. The van der Waals surface area contributed by atoms with Crippen LogP contribution in [0.5, 0.6) is 0 Å². The minimum absolute atomic E-state index is 0.430. The van der Waals surface area contributed by atoms with Crippen LogP contribution in [0.25, 0.3) is 0 Å². The van der Waals surface area contributed by atoms with Gasteiger partial charge >= 0.3 is 0 Å². The van der Waals surface area contributed by atoms with Crippen molar-refractivity contribution in [3.05, 3.63) is 23.4 Å². The van der Waals surface area contributed by atoms with Crippen molar-refractivity contribution in [1.82, 2.24) is 14.8 Å². The van der Waals surface area contributed by atoms with Crippen LogP contribution in [0, 0.1) is 0 Å². The lowest BCUT2D eigenvalue weighted by Crippen LogP contribution is -2.44. The van der Waals surface area contributed by atoms with E-state index in [9.17, 15) is 0 Å². The first kappa shape index (κ1) is 16.2. The van der Waals surface area contributed by atoms with E-state index in [1.165, 1.54) is 0 Å². The van der Waals surface area contributed by atoms with Crippen LogP contribution in [0.2, 0.25) is 0 Å². The molecule has 0 spiro atoms. The monoisotopic (exact) mass is 294 g/mol. The predicted molar refractivity (Wildman–Crippen MR) is 83.3 cm³/mol. The van der Waals surface area contributed by atoms with E-state index in [0.717, 1.165) is 49.8 Å². The second kappa shape index (κ2) is 7.70. The third-order valence-electron chi connectivity index (χ3n) is 3.91. The molecule has 1 aliphatic heterocycles. The van der Waals surface area contributed by atoms with Crippen LogP contribution < -0.4 is 5.32 Å². The van der Waals surface area contributed by atoms with Gasteiger partial charge in [-0.2, -0.15) is 0 Å². The zero-order valence-corrected chi connectivity index (χ0v) is 13.4. The van der Waals surface area contributed by atoms with Crippen LogP contribution in [-0.2, 0) is 16.0 Å². The summed E-state index contributed by atoms with van der Waals surface area (Å²) >= 11 is 0. The Labute approximate surface area is 127 Å². The van der Waals surface area contributed by atoms with Gasteiger partial charge in [0.15, 0.2) is 0 Å². The van der Waals surface area contributed by atoms with E-state index in [1.54, 1.807) is 14.2 Å². The molecule has 0 radical (unpaired) electrons. The SMILES string of the molecule is CNc1ccc(CN2CCN(C)CC2)c(C(OC)OC)n1. The van der Waals surface area contributed by atoms with Crippen molar-refractivity contribution in [2.45, 2.75) is 12.8 Å². The highest BCUT2D eigenvalue weighted by molar-refractivity contribution is 5.38. The van der Waals surface area contributed by atoms with Gasteiger partial charge in [0.1, 0.15) is 11.5 Å². The number of anilines is 1.